The lowest BCUT2D eigenvalue weighted by Gasteiger charge is -2.25. The second kappa shape index (κ2) is 9.85. The second-order valence-corrected chi connectivity index (χ2v) is 6.16. The summed E-state index contributed by atoms with van der Waals surface area (Å²) in [5.74, 6) is 2.52. The van der Waals surface area contributed by atoms with Crippen LogP contribution in [-0.4, -0.2) is 49.9 Å². The third-order valence-electron chi connectivity index (χ3n) is 4.24. The van der Waals surface area contributed by atoms with Crippen molar-refractivity contribution in [2.24, 2.45) is 5.73 Å². The Labute approximate surface area is 159 Å². The zero-order valence-electron chi connectivity index (χ0n) is 15.7. The number of anilines is 1. The Hall–Kier alpha value is -2.70. The molecule has 2 aromatic carbocycles. The predicted molar refractivity (Wildman–Crippen MR) is 108 cm³/mol. The van der Waals surface area contributed by atoms with Crippen molar-refractivity contribution in [1.82, 2.24) is 9.97 Å². The molecule has 0 unspecified atom stereocenters. The van der Waals surface area contributed by atoms with E-state index >= 15 is 0 Å². The summed E-state index contributed by atoms with van der Waals surface area (Å²) in [6.07, 6.45) is 0.649. The van der Waals surface area contributed by atoms with E-state index in [0.29, 0.717) is 32.7 Å². The van der Waals surface area contributed by atoms with Gasteiger partial charge in [-0.2, -0.15) is 0 Å². The van der Waals surface area contributed by atoms with E-state index in [4.69, 9.17) is 20.2 Å². The van der Waals surface area contributed by atoms with Gasteiger partial charge in [-0.1, -0.05) is 30.3 Å². The Bertz CT molecular complexity index is 842. The van der Waals surface area contributed by atoms with E-state index < -0.39 is 0 Å². The standard InChI is InChI=1S/C21H26N4O2/c1-26-15-13-25(14-16-27-17-7-3-2-4-8-17)21-18-9-5-6-10-19(18)23-20(24-21)11-12-22/h2-10H,11-16,22H2,1H3. The van der Waals surface area contributed by atoms with Crippen LogP contribution in [0.1, 0.15) is 5.82 Å². The highest BCUT2D eigenvalue weighted by Gasteiger charge is 2.14. The molecule has 3 rings (SSSR count). The summed E-state index contributed by atoms with van der Waals surface area (Å²) in [7, 11) is 1.70. The van der Waals surface area contributed by atoms with E-state index in [1.165, 1.54) is 0 Å². The summed E-state index contributed by atoms with van der Waals surface area (Å²) in [5, 5.41) is 1.02. The summed E-state index contributed by atoms with van der Waals surface area (Å²) in [5.41, 5.74) is 6.65. The van der Waals surface area contributed by atoms with Crippen LogP contribution >= 0.6 is 0 Å². The lowest BCUT2D eigenvalue weighted by Crippen LogP contribution is -2.33. The van der Waals surface area contributed by atoms with Crippen LogP contribution in [0.5, 0.6) is 5.75 Å². The van der Waals surface area contributed by atoms with Gasteiger partial charge in [0.15, 0.2) is 0 Å². The Morgan fingerprint density at radius 3 is 2.44 bits per heavy atom. The van der Waals surface area contributed by atoms with Crippen molar-refractivity contribution < 1.29 is 9.47 Å². The van der Waals surface area contributed by atoms with Crippen molar-refractivity contribution in [1.29, 1.82) is 0 Å². The number of nitrogens with two attached hydrogens (primary N) is 1. The summed E-state index contributed by atoms with van der Waals surface area (Å²) in [6, 6.07) is 17.9. The molecule has 0 fully saturated rings. The van der Waals surface area contributed by atoms with Gasteiger partial charge in [0.2, 0.25) is 0 Å². The van der Waals surface area contributed by atoms with Crippen molar-refractivity contribution in [3.8, 4) is 5.75 Å². The molecule has 0 aliphatic carbocycles. The molecule has 27 heavy (non-hydrogen) atoms. The van der Waals surface area contributed by atoms with Gasteiger partial charge in [-0.05, 0) is 30.8 Å². The fraction of sp³-hybridized carbons (Fsp3) is 0.333. The zero-order valence-corrected chi connectivity index (χ0v) is 15.7. The Kier molecular flexibility index (Phi) is 6.96. The largest absolute Gasteiger partial charge is 0.492 e. The molecule has 0 amide bonds. The first-order valence-corrected chi connectivity index (χ1v) is 9.19. The first-order chi connectivity index (χ1) is 13.3. The quantitative estimate of drug-likeness (QED) is 0.595. The van der Waals surface area contributed by atoms with Gasteiger partial charge in [-0.15, -0.1) is 0 Å². The first kappa shape index (κ1) is 19.1. The molecule has 1 aromatic heterocycles. The van der Waals surface area contributed by atoms with Crippen LogP contribution in [0, 0.1) is 0 Å². The number of hydrogen-bond acceptors (Lipinski definition) is 6. The predicted octanol–water partition coefficient (Wildman–Crippen LogP) is 2.66. The van der Waals surface area contributed by atoms with Gasteiger partial charge in [-0.3, -0.25) is 0 Å². The van der Waals surface area contributed by atoms with Crippen molar-refractivity contribution >= 4 is 16.7 Å². The maximum atomic E-state index is 5.88. The zero-order chi connectivity index (χ0) is 18.9. The normalized spacial score (nSPS) is 10.9. The monoisotopic (exact) mass is 366 g/mol. The highest BCUT2D eigenvalue weighted by molar-refractivity contribution is 5.89. The van der Waals surface area contributed by atoms with Gasteiger partial charge < -0.3 is 20.1 Å². The topological polar surface area (TPSA) is 73.5 Å². The van der Waals surface area contributed by atoms with Crippen LogP contribution in [0.25, 0.3) is 10.9 Å². The van der Waals surface area contributed by atoms with Gasteiger partial charge in [0.25, 0.3) is 0 Å². The molecule has 6 heteroatoms. The molecule has 0 bridgehead atoms. The number of benzene rings is 2. The molecular weight excluding hydrogens is 340 g/mol. The maximum absolute atomic E-state index is 5.88. The van der Waals surface area contributed by atoms with Crippen LogP contribution < -0.4 is 15.4 Å². The summed E-state index contributed by atoms with van der Waals surface area (Å²) >= 11 is 0. The number of ether oxygens (including phenoxy) is 2. The molecule has 0 saturated heterocycles. The van der Waals surface area contributed by atoms with E-state index in [2.05, 4.69) is 16.0 Å². The number of methoxy groups -OCH3 is 1. The molecule has 6 nitrogen and oxygen atoms in total. The lowest BCUT2D eigenvalue weighted by atomic mass is 10.2. The lowest BCUT2D eigenvalue weighted by molar-refractivity contribution is 0.203. The average Bonchev–Trinajstić information content (AvgIpc) is 2.71. The van der Waals surface area contributed by atoms with Crippen LogP contribution in [0.15, 0.2) is 54.6 Å². The van der Waals surface area contributed by atoms with E-state index in [1.807, 2.05) is 48.5 Å². The minimum atomic E-state index is 0.521. The van der Waals surface area contributed by atoms with E-state index in [1.54, 1.807) is 7.11 Å². The van der Waals surface area contributed by atoms with Crippen LogP contribution in [0.4, 0.5) is 5.82 Å². The smallest absolute Gasteiger partial charge is 0.140 e. The molecule has 142 valence electrons. The van der Waals surface area contributed by atoms with Crippen LogP contribution in [-0.2, 0) is 11.2 Å². The van der Waals surface area contributed by atoms with Crippen molar-refractivity contribution in [2.75, 3.05) is 44.9 Å². The van der Waals surface area contributed by atoms with Gasteiger partial charge in [0, 0.05) is 25.5 Å². The molecule has 1 heterocycles. The van der Waals surface area contributed by atoms with Crippen LogP contribution in [0.2, 0.25) is 0 Å². The molecular formula is C21H26N4O2. The second-order valence-electron chi connectivity index (χ2n) is 6.16. The SMILES string of the molecule is COCCN(CCOc1ccccc1)c1nc(CCN)nc2ccccc12. The van der Waals surface area contributed by atoms with Crippen molar-refractivity contribution in [3.63, 3.8) is 0 Å². The Morgan fingerprint density at radius 1 is 0.926 bits per heavy atom. The highest BCUT2D eigenvalue weighted by atomic mass is 16.5. The van der Waals surface area contributed by atoms with Crippen molar-refractivity contribution in [2.45, 2.75) is 6.42 Å². The number of fused-ring (bicyclic) bond motifs is 1. The third-order valence-corrected chi connectivity index (χ3v) is 4.24. The maximum Gasteiger partial charge on any atom is 0.140 e. The average molecular weight is 366 g/mol. The molecule has 0 radical (unpaired) electrons. The molecule has 0 spiro atoms. The number of rotatable bonds is 10. The summed E-state index contributed by atoms with van der Waals surface area (Å²) in [6.45, 7) is 3.10. The third kappa shape index (κ3) is 5.15. The minimum Gasteiger partial charge on any atom is -0.492 e. The molecule has 0 aliphatic rings. The van der Waals surface area contributed by atoms with Gasteiger partial charge >= 0.3 is 0 Å². The van der Waals surface area contributed by atoms with Gasteiger partial charge in [0.05, 0.1) is 18.7 Å². The first-order valence-electron chi connectivity index (χ1n) is 9.19. The fourth-order valence-electron chi connectivity index (χ4n) is 2.90. The Balaban J connectivity index is 1.84. The number of aromatic nitrogens is 2. The molecule has 3 aromatic rings. The molecule has 0 aliphatic heterocycles. The van der Waals surface area contributed by atoms with E-state index in [-0.39, 0.29) is 0 Å². The number of para-hydroxylation sites is 2. The van der Waals surface area contributed by atoms with Crippen LogP contribution in [0.3, 0.4) is 0 Å². The highest BCUT2D eigenvalue weighted by Crippen LogP contribution is 2.24. The summed E-state index contributed by atoms with van der Waals surface area (Å²) in [4.78, 5) is 11.6. The van der Waals surface area contributed by atoms with Gasteiger partial charge in [-0.25, -0.2) is 9.97 Å². The Morgan fingerprint density at radius 2 is 1.67 bits per heavy atom. The van der Waals surface area contributed by atoms with Gasteiger partial charge in [0.1, 0.15) is 24.0 Å². The number of nitrogens with zero attached hydrogens (tertiary/aromatic N) is 3. The minimum absolute atomic E-state index is 0.521. The molecule has 2 N–H and O–H groups in total. The van der Waals surface area contributed by atoms with E-state index in [0.717, 1.165) is 34.8 Å². The summed E-state index contributed by atoms with van der Waals surface area (Å²) < 4.78 is 11.2. The van der Waals surface area contributed by atoms with E-state index in [9.17, 15) is 0 Å². The molecule has 0 atom stereocenters. The fourth-order valence-corrected chi connectivity index (χ4v) is 2.90. The van der Waals surface area contributed by atoms with Crippen molar-refractivity contribution in [3.05, 3.63) is 60.4 Å². The number of hydrogen-bond donors (Lipinski definition) is 1. The molecule has 0 saturated carbocycles.